The van der Waals surface area contributed by atoms with Crippen LogP contribution >= 0.6 is 0 Å². The fourth-order valence-electron chi connectivity index (χ4n) is 1.75. The first-order valence-electron chi connectivity index (χ1n) is 6.77. The Bertz CT molecular complexity index is 345. The van der Waals surface area contributed by atoms with Gasteiger partial charge in [-0.25, -0.2) is 0 Å². The Labute approximate surface area is 115 Å². The zero-order valence-corrected chi connectivity index (χ0v) is 12.3. The molecular formula is C15H25NO3. The first-order chi connectivity index (χ1) is 8.79. The third kappa shape index (κ3) is 8.30. The number of amides is 1. The molecule has 4 heteroatoms. The molecule has 0 unspecified atom stereocenters. The molecule has 108 valence electrons. The molecule has 0 saturated heterocycles. The number of rotatable bonds is 10. The second-order valence-electron chi connectivity index (χ2n) is 5.36. The van der Waals surface area contributed by atoms with Crippen LogP contribution in [0.3, 0.4) is 0 Å². The average molecular weight is 267 g/mol. The number of carbonyl (C=O) groups excluding carboxylic acids is 3. The van der Waals surface area contributed by atoms with Crippen LogP contribution in [0.4, 0.5) is 0 Å². The summed E-state index contributed by atoms with van der Waals surface area (Å²) in [7, 11) is 0. The molecule has 4 nitrogen and oxygen atoms in total. The maximum atomic E-state index is 12.0. The van der Waals surface area contributed by atoms with Gasteiger partial charge in [0.2, 0.25) is 5.91 Å². The summed E-state index contributed by atoms with van der Waals surface area (Å²) in [6.45, 7) is 8.36. The van der Waals surface area contributed by atoms with Crippen LogP contribution in [0.5, 0.6) is 0 Å². The number of nitrogens with one attached hydrogen (secondary N) is 1. The van der Waals surface area contributed by atoms with Crippen molar-refractivity contribution in [2.24, 2.45) is 0 Å². The molecular weight excluding hydrogens is 242 g/mol. The minimum atomic E-state index is -0.843. The van der Waals surface area contributed by atoms with Crippen molar-refractivity contribution in [3.63, 3.8) is 0 Å². The number of hydrogen-bond donors (Lipinski definition) is 1. The lowest BCUT2D eigenvalue weighted by Gasteiger charge is -2.24. The Morgan fingerprint density at radius 3 is 2.05 bits per heavy atom. The van der Waals surface area contributed by atoms with Crippen molar-refractivity contribution in [2.75, 3.05) is 0 Å². The molecule has 0 aliphatic rings. The molecule has 0 saturated carbocycles. The number of carbonyl (C=O) groups is 3. The van der Waals surface area contributed by atoms with E-state index >= 15 is 0 Å². The van der Waals surface area contributed by atoms with Crippen molar-refractivity contribution in [3.05, 3.63) is 12.7 Å². The van der Waals surface area contributed by atoms with Crippen LogP contribution < -0.4 is 5.32 Å². The number of unbranched alkanes of at least 4 members (excludes halogenated alkanes) is 3. The predicted octanol–water partition coefficient (Wildman–Crippen LogP) is 2.57. The molecule has 0 aliphatic carbocycles. The van der Waals surface area contributed by atoms with Gasteiger partial charge in [-0.1, -0.05) is 19.4 Å². The van der Waals surface area contributed by atoms with Gasteiger partial charge in [-0.3, -0.25) is 9.59 Å². The van der Waals surface area contributed by atoms with E-state index in [1.54, 1.807) is 20.8 Å². The minimum Gasteiger partial charge on any atom is -0.341 e. The molecule has 0 rings (SSSR count). The summed E-state index contributed by atoms with van der Waals surface area (Å²) in [5.74, 6) is -0.0987. The second-order valence-corrected chi connectivity index (χ2v) is 5.36. The predicted molar refractivity (Wildman–Crippen MR) is 75.8 cm³/mol. The summed E-state index contributed by atoms with van der Waals surface area (Å²) in [6.07, 6.45) is 5.82. The van der Waals surface area contributed by atoms with Crippen molar-refractivity contribution in [1.29, 1.82) is 0 Å². The van der Waals surface area contributed by atoms with E-state index < -0.39 is 5.54 Å². The van der Waals surface area contributed by atoms with Gasteiger partial charge in [-0.2, -0.15) is 0 Å². The highest BCUT2D eigenvalue weighted by molar-refractivity contribution is 5.95. The molecule has 0 radical (unpaired) electrons. The summed E-state index contributed by atoms with van der Waals surface area (Å²) in [5, 5.41) is 2.62. The highest BCUT2D eigenvalue weighted by atomic mass is 16.2. The maximum absolute atomic E-state index is 12.0. The van der Waals surface area contributed by atoms with Gasteiger partial charge in [0.1, 0.15) is 5.78 Å². The van der Waals surface area contributed by atoms with E-state index in [0.717, 1.165) is 31.8 Å². The Morgan fingerprint density at radius 2 is 1.58 bits per heavy atom. The van der Waals surface area contributed by atoms with Crippen molar-refractivity contribution in [2.45, 2.75) is 64.8 Å². The van der Waals surface area contributed by atoms with Crippen LogP contribution in [0.1, 0.15) is 59.3 Å². The fourth-order valence-corrected chi connectivity index (χ4v) is 1.75. The Morgan fingerprint density at radius 1 is 1.05 bits per heavy atom. The van der Waals surface area contributed by atoms with Crippen LogP contribution in [0, 0.1) is 0 Å². The molecule has 0 aromatic carbocycles. The van der Waals surface area contributed by atoms with Crippen LogP contribution in [0.15, 0.2) is 12.7 Å². The quantitative estimate of drug-likeness (QED) is 0.489. The molecule has 0 aromatic rings. The van der Waals surface area contributed by atoms with E-state index in [9.17, 15) is 14.4 Å². The highest BCUT2D eigenvalue weighted by Gasteiger charge is 2.27. The monoisotopic (exact) mass is 267 g/mol. The van der Waals surface area contributed by atoms with Crippen molar-refractivity contribution >= 4 is 17.5 Å². The van der Waals surface area contributed by atoms with Gasteiger partial charge in [0, 0.05) is 12.8 Å². The Balaban J connectivity index is 3.87. The summed E-state index contributed by atoms with van der Waals surface area (Å²) >= 11 is 0. The van der Waals surface area contributed by atoms with Gasteiger partial charge in [-0.15, -0.1) is 0 Å². The topological polar surface area (TPSA) is 63.2 Å². The lowest BCUT2D eigenvalue weighted by molar-refractivity contribution is -0.129. The molecule has 0 aliphatic heterocycles. The van der Waals surface area contributed by atoms with Gasteiger partial charge in [0.05, 0.1) is 5.54 Å². The normalized spacial score (nSPS) is 10.9. The lowest BCUT2D eigenvalue weighted by atomic mass is 9.94. The van der Waals surface area contributed by atoms with E-state index in [1.807, 2.05) is 0 Å². The summed E-state index contributed by atoms with van der Waals surface area (Å²) in [5.41, 5.74) is -0.843. The Hall–Kier alpha value is -1.45. The molecule has 0 aromatic heterocycles. The SMILES string of the molecule is C=CC(=O)NC(C)(C)C(=O)CCCCCCC(C)=O. The third-order valence-corrected chi connectivity index (χ3v) is 3.00. The lowest BCUT2D eigenvalue weighted by Crippen LogP contribution is -2.49. The summed E-state index contributed by atoms with van der Waals surface area (Å²) in [4.78, 5) is 33.9. The molecule has 0 atom stereocenters. The molecule has 1 N–H and O–H groups in total. The molecule has 0 bridgehead atoms. The first-order valence-corrected chi connectivity index (χ1v) is 6.77. The van der Waals surface area contributed by atoms with Crippen LogP contribution in [0.25, 0.3) is 0 Å². The van der Waals surface area contributed by atoms with Crippen LogP contribution in [-0.4, -0.2) is 23.0 Å². The zero-order valence-electron chi connectivity index (χ0n) is 12.3. The van der Waals surface area contributed by atoms with Crippen LogP contribution in [0.2, 0.25) is 0 Å². The molecule has 19 heavy (non-hydrogen) atoms. The van der Waals surface area contributed by atoms with Crippen molar-refractivity contribution in [1.82, 2.24) is 5.32 Å². The van der Waals surface area contributed by atoms with Gasteiger partial charge in [0.15, 0.2) is 5.78 Å². The highest BCUT2D eigenvalue weighted by Crippen LogP contribution is 2.12. The van der Waals surface area contributed by atoms with Crippen molar-refractivity contribution < 1.29 is 14.4 Å². The molecule has 0 heterocycles. The number of hydrogen-bond acceptors (Lipinski definition) is 3. The first kappa shape index (κ1) is 17.6. The van der Waals surface area contributed by atoms with E-state index in [0.29, 0.717) is 12.8 Å². The van der Waals surface area contributed by atoms with Gasteiger partial charge >= 0.3 is 0 Å². The fraction of sp³-hybridized carbons (Fsp3) is 0.667. The largest absolute Gasteiger partial charge is 0.341 e. The molecule has 0 fully saturated rings. The van der Waals surface area contributed by atoms with Gasteiger partial charge in [0.25, 0.3) is 0 Å². The van der Waals surface area contributed by atoms with E-state index in [4.69, 9.17) is 0 Å². The van der Waals surface area contributed by atoms with E-state index in [-0.39, 0.29) is 17.5 Å². The number of ketones is 2. The number of Topliss-reactive ketones (excluding diaryl/α,β-unsaturated/α-hetero) is 2. The summed E-state index contributed by atoms with van der Waals surface area (Å²) in [6, 6.07) is 0. The minimum absolute atomic E-state index is 0.0225. The zero-order chi connectivity index (χ0) is 14.9. The van der Waals surface area contributed by atoms with Gasteiger partial charge < -0.3 is 10.1 Å². The third-order valence-electron chi connectivity index (χ3n) is 3.00. The van der Waals surface area contributed by atoms with Crippen LogP contribution in [-0.2, 0) is 14.4 Å². The smallest absolute Gasteiger partial charge is 0.244 e. The Kier molecular flexibility index (Phi) is 7.96. The van der Waals surface area contributed by atoms with Gasteiger partial charge in [-0.05, 0) is 39.7 Å². The van der Waals surface area contributed by atoms with E-state index in [2.05, 4.69) is 11.9 Å². The molecule has 1 amide bonds. The van der Waals surface area contributed by atoms with E-state index in [1.165, 1.54) is 0 Å². The second kappa shape index (κ2) is 8.62. The maximum Gasteiger partial charge on any atom is 0.244 e. The molecule has 0 spiro atoms. The average Bonchev–Trinajstić information content (AvgIpc) is 2.32. The van der Waals surface area contributed by atoms with Crippen molar-refractivity contribution in [3.8, 4) is 0 Å². The standard InChI is InChI=1S/C15H25NO3/c1-5-14(19)16-15(3,4)13(18)11-9-7-6-8-10-12(2)17/h5H,1,6-11H2,2-4H3,(H,16,19). The summed E-state index contributed by atoms with van der Waals surface area (Å²) < 4.78 is 0.